The molecule has 190 valence electrons. The number of hydrogen-bond donors (Lipinski definition) is 1. The van der Waals surface area contributed by atoms with Gasteiger partial charge < -0.3 is 5.11 Å². The second-order valence-electron chi connectivity index (χ2n) is 10.1. The summed E-state index contributed by atoms with van der Waals surface area (Å²) in [5.41, 5.74) is 2.46. The van der Waals surface area contributed by atoms with Crippen LogP contribution in [0.5, 0.6) is 0 Å². The molecule has 0 amide bonds. The summed E-state index contributed by atoms with van der Waals surface area (Å²) < 4.78 is 1.27. The van der Waals surface area contributed by atoms with Crippen molar-refractivity contribution in [2.75, 3.05) is 26.2 Å². The fourth-order valence-corrected chi connectivity index (χ4v) is 6.76. The van der Waals surface area contributed by atoms with Crippen LogP contribution in [0.15, 0.2) is 53.9 Å². The van der Waals surface area contributed by atoms with Crippen molar-refractivity contribution in [1.29, 1.82) is 0 Å². The van der Waals surface area contributed by atoms with Crippen LogP contribution in [0.3, 0.4) is 0 Å². The van der Waals surface area contributed by atoms with E-state index in [0.717, 1.165) is 49.7 Å². The fourth-order valence-electron chi connectivity index (χ4n) is 5.64. The molecule has 1 aromatic heterocycles. The molecule has 3 unspecified atom stereocenters. The van der Waals surface area contributed by atoms with Crippen molar-refractivity contribution >= 4 is 33.0 Å². The van der Waals surface area contributed by atoms with E-state index in [1.165, 1.54) is 47.8 Å². The number of aliphatic hydroxyl groups is 1. The van der Waals surface area contributed by atoms with Gasteiger partial charge in [-0.1, -0.05) is 81.5 Å². The van der Waals surface area contributed by atoms with Crippen molar-refractivity contribution in [3.05, 3.63) is 70.1 Å². The molecule has 5 heteroatoms. The molecule has 2 aromatic carbocycles. The van der Waals surface area contributed by atoms with E-state index in [1.54, 1.807) is 11.3 Å². The minimum atomic E-state index is -0.411. The lowest BCUT2D eigenvalue weighted by Gasteiger charge is -2.44. The standard InChI is InChI=1S/C30H41ClN2OS/c1-3-5-9-26(30(34)27-22-35-29-12-8-7-10-25(27)29)28(11-6-4-2)33-19-17-32(18-20-33)21-23-13-15-24(31)16-14-23/h7-8,10,12-16,22,26,28,30,34H,3-6,9,11,17-21H2,1-2H3. The average molecular weight is 513 g/mol. The molecule has 1 saturated heterocycles. The maximum atomic E-state index is 11.8. The second-order valence-corrected chi connectivity index (χ2v) is 11.4. The molecule has 0 aliphatic carbocycles. The summed E-state index contributed by atoms with van der Waals surface area (Å²) in [6, 6.07) is 17.2. The molecule has 2 heterocycles. The minimum Gasteiger partial charge on any atom is -0.388 e. The highest BCUT2D eigenvalue weighted by molar-refractivity contribution is 7.17. The number of halogens is 1. The summed E-state index contributed by atoms with van der Waals surface area (Å²) in [6.45, 7) is 9.81. The SMILES string of the molecule is CCCCC(C(O)c1csc2ccccc12)C(CCCC)N1CCN(Cc2ccc(Cl)cc2)CC1. The highest BCUT2D eigenvalue weighted by Gasteiger charge is 2.35. The van der Waals surface area contributed by atoms with Gasteiger partial charge in [0, 0.05) is 54.4 Å². The van der Waals surface area contributed by atoms with Crippen molar-refractivity contribution in [2.24, 2.45) is 5.92 Å². The lowest BCUT2D eigenvalue weighted by Crippen LogP contribution is -2.52. The van der Waals surface area contributed by atoms with E-state index in [9.17, 15) is 5.11 Å². The van der Waals surface area contributed by atoms with Crippen molar-refractivity contribution in [3.8, 4) is 0 Å². The number of rotatable bonds is 12. The highest BCUT2D eigenvalue weighted by Crippen LogP contribution is 2.39. The zero-order chi connectivity index (χ0) is 24.6. The largest absolute Gasteiger partial charge is 0.388 e. The van der Waals surface area contributed by atoms with E-state index in [-0.39, 0.29) is 5.92 Å². The number of piperazine rings is 1. The molecule has 1 aliphatic rings. The molecular formula is C30H41ClN2OS. The van der Waals surface area contributed by atoms with Crippen molar-refractivity contribution in [2.45, 2.75) is 71.1 Å². The Labute approximate surface area is 220 Å². The number of hydrogen-bond acceptors (Lipinski definition) is 4. The van der Waals surface area contributed by atoms with Crippen molar-refractivity contribution in [3.63, 3.8) is 0 Å². The van der Waals surface area contributed by atoms with Gasteiger partial charge in [-0.3, -0.25) is 9.80 Å². The molecule has 35 heavy (non-hydrogen) atoms. The second kappa shape index (κ2) is 13.2. The first-order chi connectivity index (χ1) is 17.1. The van der Waals surface area contributed by atoms with Gasteiger partial charge in [0.25, 0.3) is 0 Å². The predicted octanol–water partition coefficient (Wildman–Crippen LogP) is 7.77. The number of aliphatic hydroxyl groups excluding tert-OH is 1. The molecule has 3 nitrogen and oxygen atoms in total. The third-order valence-corrected chi connectivity index (χ3v) is 8.90. The smallest absolute Gasteiger partial charge is 0.0847 e. The summed E-state index contributed by atoms with van der Waals surface area (Å²) in [5.74, 6) is 0.266. The topological polar surface area (TPSA) is 26.7 Å². The number of unbranched alkanes of at least 4 members (excludes halogenated alkanes) is 2. The normalized spacial score (nSPS) is 18.1. The first-order valence-corrected chi connectivity index (χ1v) is 14.7. The number of nitrogens with zero attached hydrogens (tertiary/aromatic N) is 2. The Morgan fingerprint density at radius 1 is 0.914 bits per heavy atom. The Morgan fingerprint density at radius 2 is 1.60 bits per heavy atom. The lowest BCUT2D eigenvalue weighted by atomic mass is 9.82. The average Bonchev–Trinajstić information content (AvgIpc) is 3.32. The van der Waals surface area contributed by atoms with E-state index >= 15 is 0 Å². The molecule has 0 radical (unpaired) electrons. The van der Waals surface area contributed by atoms with E-state index < -0.39 is 6.10 Å². The van der Waals surface area contributed by atoms with Gasteiger partial charge in [-0.15, -0.1) is 11.3 Å². The van der Waals surface area contributed by atoms with Gasteiger partial charge in [-0.2, -0.15) is 0 Å². The van der Waals surface area contributed by atoms with Crippen molar-refractivity contribution < 1.29 is 5.11 Å². The van der Waals surface area contributed by atoms with Crippen LogP contribution in [0.25, 0.3) is 10.1 Å². The third kappa shape index (κ3) is 6.87. The summed E-state index contributed by atoms with van der Waals surface area (Å²) in [7, 11) is 0. The summed E-state index contributed by atoms with van der Waals surface area (Å²) in [4.78, 5) is 5.26. The Hall–Kier alpha value is -1.43. The Bertz CT molecular complexity index is 1030. The molecule has 0 spiro atoms. The molecule has 1 N–H and O–H groups in total. The van der Waals surface area contributed by atoms with Crippen LogP contribution in [-0.2, 0) is 6.54 Å². The van der Waals surface area contributed by atoms with Gasteiger partial charge in [0.15, 0.2) is 0 Å². The summed E-state index contributed by atoms with van der Waals surface area (Å²) in [5, 5.41) is 16.1. The summed E-state index contributed by atoms with van der Waals surface area (Å²) in [6.07, 6.45) is 6.60. The van der Waals surface area contributed by atoms with Gasteiger partial charge in [-0.05, 0) is 52.9 Å². The number of thiophene rings is 1. The fraction of sp³-hybridized carbons (Fsp3) is 0.533. The molecule has 3 aromatic rings. The maximum absolute atomic E-state index is 11.8. The van der Waals surface area contributed by atoms with Gasteiger partial charge in [-0.25, -0.2) is 0 Å². The molecule has 0 saturated carbocycles. The van der Waals surface area contributed by atoms with E-state index in [2.05, 4.69) is 65.4 Å². The molecule has 4 rings (SSSR count). The predicted molar refractivity (Wildman–Crippen MR) is 151 cm³/mol. The van der Waals surface area contributed by atoms with Crippen molar-refractivity contribution in [1.82, 2.24) is 9.80 Å². The van der Waals surface area contributed by atoms with E-state index in [4.69, 9.17) is 11.6 Å². The van der Waals surface area contributed by atoms with E-state index in [1.807, 2.05) is 12.1 Å². The molecule has 1 fully saturated rings. The Balaban J connectivity index is 1.49. The first kappa shape index (κ1) is 26.6. The quantitative estimate of drug-likeness (QED) is 0.268. The molecule has 0 bridgehead atoms. The zero-order valence-electron chi connectivity index (χ0n) is 21.3. The van der Waals surface area contributed by atoms with Crippen LogP contribution in [0.4, 0.5) is 0 Å². The molecular weight excluding hydrogens is 472 g/mol. The van der Waals surface area contributed by atoms with Crippen LogP contribution in [0.1, 0.15) is 69.6 Å². The molecule has 1 aliphatic heterocycles. The van der Waals surface area contributed by atoms with Crippen LogP contribution in [0.2, 0.25) is 5.02 Å². The monoisotopic (exact) mass is 512 g/mol. The Morgan fingerprint density at radius 3 is 2.31 bits per heavy atom. The Kier molecular flexibility index (Phi) is 10.1. The highest BCUT2D eigenvalue weighted by atomic mass is 35.5. The van der Waals surface area contributed by atoms with Crippen LogP contribution in [0, 0.1) is 5.92 Å². The third-order valence-electron chi connectivity index (χ3n) is 7.67. The van der Waals surface area contributed by atoms with Gasteiger partial charge in [0.05, 0.1) is 6.10 Å². The first-order valence-electron chi connectivity index (χ1n) is 13.5. The summed E-state index contributed by atoms with van der Waals surface area (Å²) >= 11 is 7.83. The maximum Gasteiger partial charge on any atom is 0.0847 e. The van der Waals surface area contributed by atoms with Gasteiger partial charge >= 0.3 is 0 Å². The van der Waals surface area contributed by atoms with Crippen LogP contribution >= 0.6 is 22.9 Å². The van der Waals surface area contributed by atoms with E-state index in [0.29, 0.717) is 6.04 Å². The molecule has 3 atom stereocenters. The number of benzene rings is 2. The van der Waals surface area contributed by atoms with Gasteiger partial charge in [0.1, 0.15) is 0 Å². The van der Waals surface area contributed by atoms with Crippen LogP contribution in [-0.4, -0.2) is 47.1 Å². The van der Waals surface area contributed by atoms with Crippen LogP contribution < -0.4 is 0 Å². The zero-order valence-corrected chi connectivity index (χ0v) is 22.9. The van der Waals surface area contributed by atoms with Gasteiger partial charge in [0.2, 0.25) is 0 Å². The number of fused-ring (bicyclic) bond motifs is 1. The lowest BCUT2D eigenvalue weighted by molar-refractivity contribution is 0.00270. The minimum absolute atomic E-state index is 0.266.